The summed E-state index contributed by atoms with van der Waals surface area (Å²) in [7, 11) is 1.67. The molecule has 1 aliphatic rings. The molecule has 1 aromatic carbocycles. The Hall–Kier alpha value is -1.55. The highest BCUT2D eigenvalue weighted by Gasteiger charge is 2.22. The number of methoxy groups -OCH3 is 1. The maximum atomic E-state index is 12.2. The minimum Gasteiger partial charge on any atom is -0.496 e. The molecule has 1 heterocycles. The van der Waals surface area contributed by atoms with Crippen LogP contribution in [0.5, 0.6) is 5.75 Å². The standard InChI is InChI=1S/C16H24N2O2/c1-12-6-7-15(20-3)14(10-12)11-17-13(2)16(19)18-8-4-5-9-18/h6-7,10,13,17H,4-5,8-9,11H2,1-3H3. The van der Waals surface area contributed by atoms with Crippen LogP contribution in [0, 0.1) is 6.92 Å². The summed E-state index contributed by atoms with van der Waals surface area (Å²) in [6, 6.07) is 5.94. The molecule has 0 bridgehead atoms. The van der Waals surface area contributed by atoms with Crippen LogP contribution in [0.1, 0.15) is 30.9 Å². The van der Waals surface area contributed by atoms with E-state index in [0.717, 1.165) is 37.2 Å². The molecule has 0 saturated carbocycles. The zero-order chi connectivity index (χ0) is 14.5. The van der Waals surface area contributed by atoms with E-state index in [1.165, 1.54) is 5.56 Å². The molecule has 0 radical (unpaired) electrons. The molecule has 0 aromatic heterocycles. The van der Waals surface area contributed by atoms with Gasteiger partial charge >= 0.3 is 0 Å². The molecule has 0 spiro atoms. The van der Waals surface area contributed by atoms with Crippen molar-refractivity contribution in [3.63, 3.8) is 0 Å². The van der Waals surface area contributed by atoms with E-state index in [0.29, 0.717) is 6.54 Å². The first-order chi connectivity index (χ1) is 9.61. The highest BCUT2D eigenvalue weighted by molar-refractivity contribution is 5.81. The molecule has 1 atom stereocenters. The Morgan fingerprint density at radius 3 is 2.75 bits per heavy atom. The van der Waals surface area contributed by atoms with Gasteiger partial charge in [-0.3, -0.25) is 4.79 Å². The summed E-state index contributed by atoms with van der Waals surface area (Å²) >= 11 is 0. The largest absolute Gasteiger partial charge is 0.496 e. The van der Waals surface area contributed by atoms with Crippen molar-refractivity contribution < 1.29 is 9.53 Å². The van der Waals surface area contributed by atoms with E-state index in [9.17, 15) is 4.79 Å². The lowest BCUT2D eigenvalue weighted by atomic mass is 10.1. The van der Waals surface area contributed by atoms with Gasteiger partial charge in [0, 0.05) is 25.2 Å². The number of hydrogen-bond acceptors (Lipinski definition) is 3. The van der Waals surface area contributed by atoms with Gasteiger partial charge in [-0.15, -0.1) is 0 Å². The van der Waals surface area contributed by atoms with Crippen molar-refractivity contribution in [2.45, 2.75) is 39.3 Å². The van der Waals surface area contributed by atoms with Crippen LogP contribution < -0.4 is 10.1 Å². The number of likely N-dealkylation sites (tertiary alicyclic amines) is 1. The molecule has 1 unspecified atom stereocenters. The highest BCUT2D eigenvalue weighted by Crippen LogP contribution is 2.19. The Morgan fingerprint density at radius 1 is 1.40 bits per heavy atom. The number of nitrogens with one attached hydrogen (secondary N) is 1. The lowest BCUT2D eigenvalue weighted by Crippen LogP contribution is -2.43. The summed E-state index contributed by atoms with van der Waals surface area (Å²) in [5, 5.41) is 3.31. The fourth-order valence-corrected chi connectivity index (χ4v) is 2.61. The molecule has 4 nitrogen and oxygen atoms in total. The number of nitrogens with zero attached hydrogens (tertiary/aromatic N) is 1. The summed E-state index contributed by atoms with van der Waals surface area (Å²) in [5.41, 5.74) is 2.29. The van der Waals surface area contributed by atoms with E-state index < -0.39 is 0 Å². The quantitative estimate of drug-likeness (QED) is 0.895. The number of aryl methyl sites for hydroxylation is 1. The first kappa shape index (κ1) is 14.9. The number of amides is 1. The number of hydrogen-bond donors (Lipinski definition) is 1. The number of rotatable bonds is 5. The van der Waals surface area contributed by atoms with Crippen molar-refractivity contribution in [1.82, 2.24) is 10.2 Å². The zero-order valence-corrected chi connectivity index (χ0v) is 12.6. The van der Waals surface area contributed by atoms with Crippen molar-refractivity contribution in [2.24, 2.45) is 0 Å². The molecule has 1 aliphatic heterocycles. The van der Waals surface area contributed by atoms with Crippen LogP contribution in [0.2, 0.25) is 0 Å². The van der Waals surface area contributed by atoms with Crippen molar-refractivity contribution >= 4 is 5.91 Å². The Bertz CT molecular complexity index is 468. The Balaban J connectivity index is 1.94. The summed E-state index contributed by atoms with van der Waals surface area (Å²) in [6.45, 7) is 6.44. The van der Waals surface area contributed by atoms with E-state index in [2.05, 4.69) is 18.3 Å². The van der Waals surface area contributed by atoms with Crippen molar-refractivity contribution in [2.75, 3.05) is 20.2 Å². The third-order valence-corrected chi connectivity index (χ3v) is 3.82. The predicted molar refractivity (Wildman–Crippen MR) is 79.8 cm³/mol. The lowest BCUT2D eigenvalue weighted by molar-refractivity contribution is -0.131. The van der Waals surface area contributed by atoms with Gasteiger partial charge in [-0.25, -0.2) is 0 Å². The van der Waals surface area contributed by atoms with Gasteiger partial charge in [-0.2, -0.15) is 0 Å². The molecule has 20 heavy (non-hydrogen) atoms. The Morgan fingerprint density at radius 2 is 2.10 bits per heavy atom. The van der Waals surface area contributed by atoms with Gasteiger partial charge in [0.2, 0.25) is 5.91 Å². The van der Waals surface area contributed by atoms with Gasteiger partial charge in [0.15, 0.2) is 0 Å². The van der Waals surface area contributed by atoms with Gasteiger partial charge < -0.3 is 15.0 Å². The third-order valence-electron chi connectivity index (χ3n) is 3.82. The van der Waals surface area contributed by atoms with E-state index in [4.69, 9.17) is 4.74 Å². The van der Waals surface area contributed by atoms with Crippen LogP contribution in [0.25, 0.3) is 0 Å². The monoisotopic (exact) mass is 276 g/mol. The van der Waals surface area contributed by atoms with Crippen molar-refractivity contribution in [1.29, 1.82) is 0 Å². The number of ether oxygens (including phenoxy) is 1. The van der Waals surface area contributed by atoms with Gasteiger partial charge in [0.1, 0.15) is 5.75 Å². The minimum absolute atomic E-state index is 0.154. The van der Waals surface area contributed by atoms with Gasteiger partial charge in [0.05, 0.1) is 13.2 Å². The van der Waals surface area contributed by atoms with E-state index in [-0.39, 0.29) is 11.9 Å². The fraction of sp³-hybridized carbons (Fsp3) is 0.562. The molecule has 1 amide bonds. The summed E-state index contributed by atoms with van der Waals surface area (Å²) < 4.78 is 5.36. The van der Waals surface area contributed by atoms with Crippen LogP contribution in [0.3, 0.4) is 0 Å². The molecule has 1 fully saturated rings. The summed E-state index contributed by atoms with van der Waals surface area (Å²) in [6.07, 6.45) is 2.26. The van der Waals surface area contributed by atoms with Crippen LogP contribution in [0.4, 0.5) is 0 Å². The molecule has 1 saturated heterocycles. The van der Waals surface area contributed by atoms with Gasteiger partial charge in [-0.05, 0) is 32.8 Å². The second kappa shape index (κ2) is 6.75. The smallest absolute Gasteiger partial charge is 0.239 e. The van der Waals surface area contributed by atoms with Crippen LogP contribution in [-0.4, -0.2) is 37.0 Å². The molecule has 0 aliphatic carbocycles. The highest BCUT2D eigenvalue weighted by atomic mass is 16.5. The van der Waals surface area contributed by atoms with E-state index >= 15 is 0 Å². The SMILES string of the molecule is COc1ccc(C)cc1CNC(C)C(=O)N1CCCC1. The first-order valence-electron chi connectivity index (χ1n) is 7.27. The summed E-state index contributed by atoms with van der Waals surface area (Å²) in [4.78, 5) is 14.2. The molecular weight excluding hydrogens is 252 g/mol. The molecular formula is C16H24N2O2. The van der Waals surface area contributed by atoms with Crippen LogP contribution in [0.15, 0.2) is 18.2 Å². The Kier molecular flexibility index (Phi) is 5.01. The van der Waals surface area contributed by atoms with Crippen molar-refractivity contribution in [3.05, 3.63) is 29.3 Å². The fourth-order valence-electron chi connectivity index (χ4n) is 2.61. The second-order valence-electron chi connectivity index (χ2n) is 5.45. The molecule has 1 N–H and O–H groups in total. The normalized spacial score (nSPS) is 16.2. The maximum Gasteiger partial charge on any atom is 0.239 e. The zero-order valence-electron chi connectivity index (χ0n) is 12.6. The average Bonchev–Trinajstić information content (AvgIpc) is 2.98. The molecule has 4 heteroatoms. The topological polar surface area (TPSA) is 41.6 Å². The molecule has 1 aromatic rings. The summed E-state index contributed by atoms with van der Waals surface area (Å²) in [5.74, 6) is 1.07. The van der Waals surface area contributed by atoms with Crippen LogP contribution in [-0.2, 0) is 11.3 Å². The molecule has 2 rings (SSSR count). The number of benzene rings is 1. The number of carbonyl (C=O) groups is 1. The second-order valence-corrected chi connectivity index (χ2v) is 5.45. The third kappa shape index (κ3) is 3.51. The minimum atomic E-state index is -0.154. The maximum absolute atomic E-state index is 12.2. The van der Waals surface area contributed by atoms with E-state index in [1.54, 1.807) is 7.11 Å². The lowest BCUT2D eigenvalue weighted by Gasteiger charge is -2.21. The van der Waals surface area contributed by atoms with Gasteiger partial charge in [-0.1, -0.05) is 17.7 Å². The van der Waals surface area contributed by atoms with Crippen LogP contribution >= 0.6 is 0 Å². The van der Waals surface area contributed by atoms with Crippen molar-refractivity contribution in [3.8, 4) is 5.75 Å². The predicted octanol–water partition coefficient (Wildman–Crippen LogP) is 2.10. The molecule has 110 valence electrons. The number of carbonyl (C=O) groups excluding carboxylic acids is 1. The van der Waals surface area contributed by atoms with E-state index in [1.807, 2.05) is 24.0 Å². The van der Waals surface area contributed by atoms with Gasteiger partial charge in [0.25, 0.3) is 0 Å². The Labute approximate surface area is 121 Å². The first-order valence-corrected chi connectivity index (χ1v) is 7.27. The average molecular weight is 276 g/mol.